The molecule has 0 saturated carbocycles. The number of ether oxygens (including phenoxy) is 7. The Labute approximate surface area is 851 Å². The number of carbonyl (C=O) groups excluding carboxylic acids is 14. The molecule has 2 unspecified atom stereocenters. The molecular formula is C106H144F4N14O21. The monoisotopic (exact) mass is 2030 g/mol. The molecule has 4 saturated heterocycles. The van der Waals surface area contributed by atoms with Crippen LogP contribution in [0.25, 0.3) is 66.4 Å². The molecule has 0 bridgehead atoms. The van der Waals surface area contributed by atoms with Crippen molar-refractivity contribution in [1.82, 2.24) is 60.0 Å². The van der Waals surface area contributed by atoms with Crippen molar-refractivity contribution < 1.29 is 126 Å². The fraction of sp³-hybridized carbons (Fsp3) is 0.566. The van der Waals surface area contributed by atoms with Crippen molar-refractivity contribution in [3.8, 4) is 22.8 Å². The summed E-state index contributed by atoms with van der Waals surface area (Å²) in [5.74, 6) is -13.1. The van der Waals surface area contributed by atoms with Crippen LogP contribution in [0.1, 0.15) is 234 Å². The van der Waals surface area contributed by atoms with E-state index in [1.165, 1.54) is 128 Å². The number of fused-ring (bicyclic) bond motifs is 4. The van der Waals surface area contributed by atoms with E-state index in [2.05, 4.69) is 30.6 Å². The van der Waals surface area contributed by atoms with E-state index in [1.807, 2.05) is 13.8 Å². The number of aromatic amines is 4. The van der Waals surface area contributed by atoms with Gasteiger partial charge < -0.3 is 94.8 Å². The third-order valence-corrected chi connectivity index (χ3v) is 26.4. The first-order valence-electron chi connectivity index (χ1n) is 52.2. The van der Waals surface area contributed by atoms with Gasteiger partial charge in [-0.25, -0.2) is 32.1 Å². The van der Waals surface area contributed by atoms with Gasteiger partial charge in [0.05, 0.1) is 73.0 Å². The topological polar surface area (TPSA) is 462 Å². The third-order valence-electron chi connectivity index (χ3n) is 26.4. The third kappa shape index (κ3) is 28.7. The van der Waals surface area contributed by atoms with Crippen LogP contribution in [0.5, 0.6) is 0 Å². The summed E-state index contributed by atoms with van der Waals surface area (Å²) in [5, 5.41) is 7.86. The summed E-state index contributed by atoms with van der Waals surface area (Å²) in [5.41, 5.74) is 15.9. The number of likely N-dealkylation sites (tertiary alicyclic amines) is 4. The zero-order valence-electron chi connectivity index (χ0n) is 92.6. The van der Waals surface area contributed by atoms with Gasteiger partial charge in [0.25, 0.3) is 0 Å². The first-order chi connectivity index (χ1) is 70.3. The van der Waals surface area contributed by atoms with Gasteiger partial charge in [0.1, 0.15) is 82.4 Å². The maximum Gasteiger partial charge on any atom is 0.416 e. The molecule has 0 aliphatic carbocycles. The number of esters is 5. The summed E-state index contributed by atoms with van der Waals surface area (Å²) < 4.78 is 147. The Balaban J connectivity index is 0.000000292. The van der Waals surface area contributed by atoms with Crippen LogP contribution in [0.2, 0.25) is 0 Å². The zero-order chi connectivity index (χ0) is 113. The van der Waals surface area contributed by atoms with Gasteiger partial charge in [0.15, 0.2) is 0 Å². The van der Waals surface area contributed by atoms with Crippen LogP contribution in [0, 0.1) is 41.0 Å². The molecule has 4 aromatic carbocycles. The Morgan fingerprint density at radius 3 is 1.06 bits per heavy atom. The molecular weight excluding hydrogens is 1880 g/mol. The SMILES string of the molecule is CC[C@H](N)C(=O)N1C[C@@H](OC(C)=O)C[C@H]1Cc1c(-c2[nH]c3cc(F)ccc3c2C[C@@H]2C[C@H](OC(C)=O)CN2C(=O)[C@@H](N)CC)[nH]c2cc(F)ccc12.CNC(C)C(=O)N(C)C(=O)OC(C)(C)C.[2H]C([2H])([2H])C(C(=O)OC(C)(C)C)[C@@H](C)C(=O)C[C@@H](CC)C(=O)N1C[C@@H](OC(C)=O)C[C@H]1Cc1c(-c2[nH]c3cc(F)ccc3c2C[C@@H]2C[C@H](OC(C)=O)CN2C(=O)[C@H](CC)NC(=O)[C@H](C)N(C(=O)OC(C)(C)C)C([2H])([2H])[2H])[nH]c2cc(F)ccc12. The number of hydrogen-bond donors (Lipinski definition) is 8. The Hall–Kier alpha value is -12.8. The fourth-order valence-corrected chi connectivity index (χ4v) is 19.0. The van der Waals surface area contributed by atoms with Crippen molar-refractivity contribution in [3.63, 3.8) is 0 Å². The number of aromatic nitrogens is 4. The fourth-order valence-electron chi connectivity index (χ4n) is 19.0. The van der Waals surface area contributed by atoms with Gasteiger partial charge in [-0.2, -0.15) is 0 Å². The summed E-state index contributed by atoms with van der Waals surface area (Å²) >= 11 is 0. The Morgan fingerprint density at radius 1 is 0.455 bits per heavy atom. The predicted molar refractivity (Wildman–Crippen MR) is 536 cm³/mol. The second kappa shape index (κ2) is 48.0. The largest absolute Gasteiger partial charge is 0.461 e. The quantitative estimate of drug-likeness (QED) is 0.0110. The number of imide groups is 1. The molecule has 8 aromatic rings. The van der Waals surface area contributed by atoms with Crippen LogP contribution in [0.15, 0.2) is 72.8 Å². The summed E-state index contributed by atoms with van der Waals surface area (Å²) in [6, 6.07) is 9.87. The molecule has 35 nitrogen and oxygen atoms in total. The second-order valence-corrected chi connectivity index (χ2v) is 40.9. The van der Waals surface area contributed by atoms with Crippen molar-refractivity contribution in [2.45, 2.75) is 324 Å². The molecule has 0 spiro atoms. The second-order valence-electron chi connectivity index (χ2n) is 40.9. The predicted octanol–water partition coefficient (Wildman–Crippen LogP) is 13.7. The standard InChI is InChI=1S/C58H78F2N6O12.C38H46F2N6O6.C10H20N2O3/c1-15-35(21-49(69)30(3)31(4)55(73)77-57(8,9)10)53(71)65-28-40(75-33(6)67)24-38(65)26-44-42-19-17-36(59)22-47(42)61-50(44)51-45(43-20-18-37(60)23-48(43)62-51)27-39-25-41(76-34(7)68)29-66(39)54(72)46(16-2)63-52(70)32(5)64(14)56(74)78-58(11,12)13;1-5-31(41)37(49)45-17-25(51-19(3)47)13-23(45)15-29-27-9-7-21(39)11-33(27)43-35(29)36-30(28-10-8-22(40)12-34(28)44-36)16-24-14-26(52-20(4)48)18-46(24)38(50)32(42)6-2;1-7(11-5)8(13)12(6)9(14)15-10(2,3)4/h17-20,22-23,30-32,35,38-41,46,61-62H,15-16,21,24-29H2,1-14H3,(H,63,70);7-12,23-26,31-32,43-44H,5-6,13-18,41-42H2,1-4H3;7,11H,1-6H3/t30-,31?,32+,35-,38+,39+,40+,41+,46+;23-,24-,25-,26-,31-,32-;/m10./s1/i4D3,14D3;;. The number of nitrogens with one attached hydrogen (secondary N) is 6. The average Bonchev–Trinajstić information content (AvgIpc) is 1.59. The lowest BCUT2D eigenvalue weighted by Crippen LogP contribution is -2.55. The highest BCUT2D eigenvalue weighted by atomic mass is 19.1. The molecule has 4 fully saturated rings. The van der Waals surface area contributed by atoms with Crippen LogP contribution >= 0.6 is 0 Å². The van der Waals surface area contributed by atoms with Crippen LogP contribution < -0.4 is 22.1 Å². The molecule has 8 heterocycles. The minimum atomic E-state index is -3.12. The molecule has 39 heteroatoms. The molecule has 16 atom stereocenters. The van der Waals surface area contributed by atoms with Crippen LogP contribution in [-0.2, 0) is 116 Å². The number of H-pyrrole nitrogens is 4. The van der Waals surface area contributed by atoms with Crippen LogP contribution in [0.4, 0.5) is 27.2 Å². The lowest BCUT2D eigenvalue weighted by atomic mass is 9.85. The number of nitrogens with zero attached hydrogens (tertiary/aromatic N) is 6. The molecule has 4 aliphatic rings. The molecule has 792 valence electrons. The normalized spacial score (nSPS) is 20.5. The highest BCUT2D eigenvalue weighted by Gasteiger charge is 2.47. The van der Waals surface area contributed by atoms with Crippen molar-refractivity contribution in [2.75, 3.05) is 47.3 Å². The molecule has 8 amide bonds. The number of Topliss-reactive ketones (excluding diaryl/α,β-unsaturated/α-hetero) is 1. The maximum absolute atomic E-state index is 15.3. The molecule has 0 radical (unpaired) electrons. The molecule has 145 heavy (non-hydrogen) atoms. The van der Waals surface area contributed by atoms with E-state index in [0.29, 0.717) is 110 Å². The molecule has 10 N–H and O–H groups in total. The number of rotatable bonds is 32. The minimum absolute atomic E-state index is 0.00181. The van der Waals surface area contributed by atoms with Crippen LogP contribution in [-0.4, -0.2) is 275 Å². The summed E-state index contributed by atoms with van der Waals surface area (Å²) in [7, 11) is 3.07. The number of nitrogens with two attached hydrogens (primary N) is 2. The number of carbonyl (C=O) groups is 14. The number of hydrogen-bond acceptors (Lipinski definition) is 24. The van der Waals surface area contributed by atoms with Gasteiger partial charge >= 0.3 is 42.0 Å². The van der Waals surface area contributed by atoms with Crippen molar-refractivity contribution in [3.05, 3.63) is 118 Å². The highest BCUT2D eigenvalue weighted by molar-refractivity contribution is 6.00. The summed E-state index contributed by atoms with van der Waals surface area (Å²) in [6.45, 7) is 24.9. The van der Waals surface area contributed by atoms with E-state index in [-0.39, 0.29) is 82.4 Å². The van der Waals surface area contributed by atoms with Gasteiger partial charge in [-0.15, -0.1) is 0 Å². The number of ketones is 1. The minimum Gasteiger partial charge on any atom is -0.461 e. The molecule has 4 aliphatic heterocycles. The van der Waals surface area contributed by atoms with Crippen molar-refractivity contribution in [1.29, 1.82) is 0 Å². The first kappa shape index (κ1) is 105. The van der Waals surface area contributed by atoms with Gasteiger partial charge in [-0.05, 0) is 230 Å². The highest BCUT2D eigenvalue weighted by Crippen LogP contribution is 2.44. The van der Waals surface area contributed by atoms with E-state index >= 15 is 8.78 Å². The van der Waals surface area contributed by atoms with Crippen molar-refractivity contribution >= 4 is 127 Å². The van der Waals surface area contributed by atoms with Gasteiger partial charge in [0, 0.05) is 162 Å². The molecule has 4 aromatic heterocycles. The lowest BCUT2D eigenvalue weighted by molar-refractivity contribution is -0.162. The van der Waals surface area contributed by atoms with Gasteiger partial charge in [-0.3, -0.25) is 62.4 Å². The average molecular weight is 2030 g/mol. The Morgan fingerprint density at radius 2 is 0.772 bits per heavy atom. The van der Waals surface area contributed by atoms with E-state index in [4.69, 9.17) is 52.8 Å². The van der Waals surface area contributed by atoms with Gasteiger partial charge in [-0.1, -0.05) is 41.5 Å². The maximum atomic E-state index is 15.3. The van der Waals surface area contributed by atoms with E-state index in [1.54, 1.807) is 103 Å². The number of halogens is 4. The van der Waals surface area contributed by atoms with Crippen LogP contribution in [0.3, 0.4) is 0 Å². The number of amides is 8. The summed E-state index contributed by atoms with van der Waals surface area (Å²) in [6.07, 6.45) is -2.50. The number of benzene rings is 4. The summed E-state index contributed by atoms with van der Waals surface area (Å²) in [4.78, 5) is 204. The Bertz CT molecular complexity index is 6020. The van der Waals surface area contributed by atoms with E-state index in [9.17, 15) is 75.9 Å². The smallest absolute Gasteiger partial charge is 0.416 e. The lowest BCUT2D eigenvalue weighted by Gasteiger charge is -2.31. The molecule has 12 rings (SSSR count). The number of likely N-dealkylation sites (N-methyl/N-ethyl adjacent to an activating group) is 3. The van der Waals surface area contributed by atoms with E-state index in [0.717, 1.165) is 26.8 Å². The first-order valence-corrected chi connectivity index (χ1v) is 49.2. The van der Waals surface area contributed by atoms with Crippen molar-refractivity contribution in [2.24, 2.45) is 29.2 Å². The van der Waals surface area contributed by atoms with Gasteiger partial charge in [0.2, 0.25) is 35.4 Å². The zero-order valence-corrected chi connectivity index (χ0v) is 86.6. The Kier molecular flexibility index (Phi) is 34.8. The van der Waals surface area contributed by atoms with E-state index < -0.39 is 222 Å².